The average molecular weight is 186 g/mol. The first-order valence-corrected chi connectivity index (χ1v) is 4.27. The Bertz CT molecular complexity index is 453. The van der Waals surface area contributed by atoms with E-state index in [1.165, 1.54) is 0 Å². The van der Waals surface area contributed by atoms with Crippen LogP contribution < -0.4 is 5.73 Å². The van der Waals surface area contributed by atoms with Gasteiger partial charge in [0.1, 0.15) is 5.82 Å². The number of hydrogen-bond donors (Lipinski definition) is 1. The van der Waals surface area contributed by atoms with E-state index in [4.69, 9.17) is 5.73 Å². The van der Waals surface area contributed by atoms with Gasteiger partial charge < -0.3 is 5.73 Å². The first-order valence-electron chi connectivity index (χ1n) is 4.27. The van der Waals surface area contributed by atoms with Gasteiger partial charge >= 0.3 is 0 Å². The summed E-state index contributed by atoms with van der Waals surface area (Å²) >= 11 is 0. The van der Waals surface area contributed by atoms with E-state index in [0.29, 0.717) is 5.82 Å². The summed E-state index contributed by atoms with van der Waals surface area (Å²) in [5.74, 6) is 0.479. The molecule has 2 N–H and O–H groups in total. The maximum atomic E-state index is 5.72. The van der Waals surface area contributed by atoms with Crippen molar-refractivity contribution in [3.05, 3.63) is 36.2 Å². The molecule has 0 bridgehead atoms. The number of aryl methyl sites for hydroxylation is 1. The molecule has 2 aromatic rings. The van der Waals surface area contributed by atoms with E-state index in [2.05, 4.69) is 15.2 Å². The molecule has 0 aliphatic carbocycles. The third-order valence-corrected chi connectivity index (χ3v) is 1.91. The highest BCUT2D eigenvalue weighted by molar-refractivity contribution is 5.70. The molecule has 0 aliphatic rings. The number of nitrogens with zero attached hydrogens (tertiary/aromatic N) is 3. The van der Waals surface area contributed by atoms with E-state index in [-0.39, 0.29) is 0 Å². The number of pyridine rings is 1. The van der Waals surface area contributed by atoms with E-state index in [1.54, 1.807) is 12.4 Å². The third kappa shape index (κ3) is 1.54. The van der Waals surface area contributed by atoms with Gasteiger partial charge in [0, 0.05) is 11.8 Å². The monoisotopic (exact) mass is 186 g/mol. The Hall–Kier alpha value is -1.97. The Morgan fingerprint density at radius 2 is 2.21 bits per heavy atom. The molecule has 14 heavy (non-hydrogen) atoms. The third-order valence-electron chi connectivity index (χ3n) is 1.91. The van der Waals surface area contributed by atoms with Crippen LogP contribution in [0.5, 0.6) is 0 Å². The molecule has 0 saturated carbocycles. The van der Waals surface area contributed by atoms with Gasteiger partial charge in [-0.05, 0) is 30.7 Å². The van der Waals surface area contributed by atoms with Crippen LogP contribution in [0.1, 0.15) is 5.56 Å². The Kier molecular flexibility index (Phi) is 2.10. The van der Waals surface area contributed by atoms with Gasteiger partial charge in [0.2, 0.25) is 0 Å². The molecule has 2 aromatic heterocycles. The van der Waals surface area contributed by atoms with E-state index < -0.39 is 0 Å². The number of aromatic nitrogens is 3. The van der Waals surface area contributed by atoms with Crippen molar-refractivity contribution in [1.29, 1.82) is 0 Å². The molecule has 0 aliphatic heterocycles. The summed E-state index contributed by atoms with van der Waals surface area (Å²) in [5, 5.41) is 7.87. The number of nitrogens with two attached hydrogens (primary N) is 1. The Labute approximate surface area is 81.8 Å². The molecule has 4 heteroatoms. The lowest BCUT2D eigenvalue weighted by Gasteiger charge is -2.02. The maximum Gasteiger partial charge on any atom is 0.132 e. The van der Waals surface area contributed by atoms with Crippen LogP contribution in [0.25, 0.3) is 11.3 Å². The lowest BCUT2D eigenvalue weighted by molar-refractivity contribution is 1.02. The van der Waals surface area contributed by atoms with Gasteiger partial charge in [0.15, 0.2) is 0 Å². The molecular formula is C10H10N4. The van der Waals surface area contributed by atoms with Gasteiger partial charge in [-0.2, -0.15) is 10.2 Å². The number of anilines is 1. The summed E-state index contributed by atoms with van der Waals surface area (Å²) in [6, 6.07) is 5.64. The van der Waals surface area contributed by atoms with E-state index in [9.17, 15) is 0 Å². The van der Waals surface area contributed by atoms with Crippen LogP contribution in [0.4, 0.5) is 5.82 Å². The van der Waals surface area contributed by atoms with Crippen LogP contribution in [0.3, 0.4) is 0 Å². The van der Waals surface area contributed by atoms with E-state index in [0.717, 1.165) is 16.8 Å². The zero-order valence-corrected chi connectivity index (χ0v) is 7.81. The van der Waals surface area contributed by atoms with Crippen LogP contribution in [0.15, 0.2) is 30.6 Å². The minimum atomic E-state index is 0.479. The summed E-state index contributed by atoms with van der Waals surface area (Å²) in [7, 11) is 0. The summed E-state index contributed by atoms with van der Waals surface area (Å²) in [6.45, 7) is 1.96. The minimum Gasteiger partial charge on any atom is -0.383 e. The fraction of sp³-hybridized carbons (Fsp3) is 0.100. The second kappa shape index (κ2) is 3.41. The predicted octanol–water partition coefficient (Wildman–Crippen LogP) is 1.43. The normalized spacial score (nSPS) is 10.1. The second-order valence-electron chi connectivity index (χ2n) is 3.05. The maximum absolute atomic E-state index is 5.72. The van der Waals surface area contributed by atoms with Crippen molar-refractivity contribution >= 4 is 5.82 Å². The summed E-state index contributed by atoms with van der Waals surface area (Å²) in [5.41, 5.74) is 8.36. The SMILES string of the molecule is Cc1cnnc(-c2cccnc2N)c1. The highest BCUT2D eigenvalue weighted by Gasteiger charge is 2.04. The summed E-state index contributed by atoms with van der Waals surface area (Å²) in [6.07, 6.45) is 3.36. The lowest BCUT2D eigenvalue weighted by atomic mass is 10.1. The minimum absolute atomic E-state index is 0.479. The van der Waals surface area contributed by atoms with Crippen molar-refractivity contribution in [3.8, 4) is 11.3 Å². The Balaban J connectivity index is 2.55. The van der Waals surface area contributed by atoms with Crippen LogP contribution in [-0.4, -0.2) is 15.2 Å². The first kappa shape index (κ1) is 8.62. The van der Waals surface area contributed by atoms with Gasteiger partial charge in [0.25, 0.3) is 0 Å². The molecule has 0 atom stereocenters. The quantitative estimate of drug-likeness (QED) is 0.731. The van der Waals surface area contributed by atoms with Crippen molar-refractivity contribution in [3.63, 3.8) is 0 Å². The van der Waals surface area contributed by atoms with Crippen molar-refractivity contribution in [2.75, 3.05) is 5.73 Å². The fourth-order valence-electron chi connectivity index (χ4n) is 1.23. The second-order valence-corrected chi connectivity index (χ2v) is 3.05. The molecule has 0 spiro atoms. The highest BCUT2D eigenvalue weighted by atomic mass is 15.1. The topological polar surface area (TPSA) is 64.7 Å². The fourth-order valence-corrected chi connectivity index (χ4v) is 1.23. The molecule has 70 valence electrons. The number of hydrogen-bond acceptors (Lipinski definition) is 4. The van der Waals surface area contributed by atoms with Crippen molar-refractivity contribution in [2.24, 2.45) is 0 Å². The molecule has 0 saturated heterocycles. The van der Waals surface area contributed by atoms with E-state index in [1.807, 2.05) is 25.1 Å². The molecule has 0 fully saturated rings. The highest BCUT2D eigenvalue weighted by Crippen LogP contribution is 2.21. The standard InChI is InChI=1S/C10H10N4/c1-7-5-9(14-13-6-7)8-3-2-4-12-10(8)11/h2-6H,1H3,(H2,11,12). The van der Waals surface area contributed by atoms with Gasteiger partial charge in [-0.3, -0.25) is 0 Å². The van der Waals surface area contributed by atoms with Gasteiger partial charge in [-0.15, -0.1) is 0 Å². The molecule has 2 rings (SSSR count). The smallest absolute Gasteiger partial charge is 0.132 e. The summed E-state index contributed by atoms with van der Waals surface area (Å²) in [4.78, 5) is 4.00. The van der Waals surface area contributed by atoms with Gasteiger partial charge in [-0.1, -0.05) is 0 Å². The molecule has 4 nitrogen and oxygen atoms in total. The predicted molar refractivity (Wildman–Crippen MR) is 54.4 cm³/mol. The lowest BCUT2D eigenvalue weighted by Crippen LogP contribution is -1.96. The largest absolute Gasteiger partial charge is 0.383 e. The molecular weight excluding hydrogens is 176 g/mol. The van der Waals surface area contributed by atoms with Crippen LogP contribution in [0.2, 0.25) is 0 Å². The average Bonchev–Trinajstić information content (AvgIpc) is 2.18. The Morgan fingerprint density at radius 1 is 1.36 bits per heavy atom. The number of nitrogen functional groups attached to an aromatic ring is 1. The molecule has 0 amide bonds. The van der Waals surface area contributed by atoms with Crippen LogP contribution in [-0.2, 0) is 0 Å². The van der Waals surface area contributed by atoms with Crippen molar-refractivity contribution < 1.29 is 0 Å². The number of rotatable bonds is 1. The zero-order valence-electron chi connectivity index (χ0n) is 7.81. The Morgan fingerprint density at radius 3 is 2.93 bits per heavy atom. The molecule has 2 heterocycles. The van der Waals surface area contributed by atoms with Crippen molar-refractivity contribution in [1.82, 2.24) is 15.2 Å². The molecule has 0 radical (unpaired) electrons. The first-order chi connectivity index (χ1) is 6.77. The van der Waals surface area contributed by atoms with Gasteiger partial charge in [0.05, 0.1) is 11.9 Å². The summed E-state index contributed by atoms with van der Waals surface area (Å²) < 4.78 is 0. The van der Waals surface area contributed by atoms with Gasteiger partial charge in [-0.25, -0.2) is 4.98 Å². The molecule has 0 unspecified atom stereocenters. The zero-order chi connectivity index (χ0) is 9.97. The van der Waals surface area contributed by atoms with Crippen LogP contribution in [0, 0.1) is 6.92 Å². The van der Waals surface area contributed by atoms with Crippen molar-refractivity contribution in [2.45, 2.75) is 6.92 Å². The van der Waals surface area contributed by atoms with E-state index >= 15 is 0 Å². The van der Waals surface area contributed by atoms with Crippen LogP contribution >= 0.6 is 0 Å². The molecule has 0 aromatic carbocycles.